The summed E-state index contributed by atoms with van der Waals surface area (Å²) in [5.41, 5.74) is 0.0701. The van der Waals surface area contributed by atoms with Crippen LogP contribution in [0.5, 0.6) is 0 Å². The Bertz CT molecular complexity index is 421. The Morgan fingerprint density at radius 3 is 2.59 bits per heavy atom. The van der Waals surface area contributed by atoms with Crippen LogP contribution in [0.1, 0.15) is 39.9 Å². The van der Waals surface area contributed by atoms with Crippen LogP contribution in [0.15, 0.2) is 19.9 Å². The Hall–Kier alpha value is -1.52. The van der Waals surface area contributed by atoms with Crippen LogP contribution in [0.2, 0.25) is 0 Å². The smallest absolute Gasteiger partial charge is 0.457 e. The maximum Gasteiger partial charge on any atom is 0.518 e. The van der Waals surface area contributed by atoms with E-state index in [0.717, 1.165) is 12.7 Å². The molecule has 0 saturated carbocycles. The van der Waals surface area contributed by atoms with E-state index < -0.39 is 5.82 Å². The van der Waals surface area contributed by atoms with Gasteiger partial charge in [-0.25, -0.2) is 4.79 Å². The summed E-state index contributed by atoms with van der Waals surface area (Å²) in [6.07, 6.45) is 1.88. The van der Waals surface area contributed by atoms with E-state index in [9.17, 15) is 9.59 Å². The molecule has 1 aromatic rings. The van der Waals surface area contributed by atoms with Crippen molar-refractivity contribution < 1.29 is 18.4 Å². The van der Waals surface area contributed by atoms with Crippen molar-refractivity contribution in [2.75, 3.05) is 0 Å². The Morgan fingerprint density at radius 2 is 2.12 bits per heavy atom. The van der Waals surface area contributed by atoms with E-state index >= 15 is 0 Å². The average Bonchev–Trinajstić information content (AvgIpc) is 2.58. The van der Waals surface area contributed by atoms with Crippen molar-refractivity contribution >= 4 is 5.97 Å². The first-order valence-corrected chi connectivity index (χ1v) is 5.52. The van der Waals surface area contributed by atoms with Gasteiger partial charge in [0.15, 0.2) is 12.4 Å². The summed E-state index contributed by atoms with van der Waals surface area (Å²) in [6, 6.07) is 0. The zero-order valence-electron chi connectivity index (χ0n) is 10.6. The molecule has 0 spiro atoms. The minimum Gasteiger partial charge on any atom is -0.457 e. The van der Waals surface area contributed by atoms with E-state index in [4.69, 9.17) is 4.74 Å². The minimum atomic E-state index is -0.793. The quantitative estimate of drug-likeness (QED) is 0.758. The van der Waals surface area contributed by atoms with Gasteiger partial charge in [0.25, 0.3) is 0 Å². The molecule has 0 saturated heterocycles. The van der Waals surface area contributed by atoms with Gasteiger partial charge in [0, 0.05) is 0 Å². The second kappa shape index (κ2) is 5.21. The largest absolute Gasteiger partial charge is 0.518 e. The molecular weight excluding hydrogens is 224 g/mol. The number of hydrogen-bond donors (Lipinski definition) is 0. The van der Waals surface area contributed by atoms with Crippen molar-refractivity contribution in [2.24, 2.45) is 11.3 Å². The summed E-state index contributed by atoms with van der Waals surface area (Å²) >= 11 is 0. The first-order chi connectivity index (χ1) is 7.78. The fourth-order valence-electron chi connectivity index (χ4n) is 1.62. The maximum absolute atomic E-state index is 11.6. The summed E-state index contributed by atoms with van der Waals surface area (Å²) in [7, 11) is 0. The standard InChI is InChI=1S/C12H18O5/c1-8(5-12(2,3)4)10(13)15-6-9-7-16-11(14)17-9/h7-8H,5-6H2,1-4H3/t8-/m0/s1. The molecule has 5 heteroatoms. The Balaban J connectivity index is 2.42. The van der Waals surface area contributed by atoms with Gasteiger partial charge in [-0.15, -0.1) is 0 Å². The number of esters is 1. The number of ether oxygens (including phenoxy) is 1. The second-order valence-corrected chi connectivity index (χ2v) is 5.33. The highest BCUT2D eigenvalue weighted by molar-refractivity contribution is 5.71. The van der Waals surface area contributed by atoms with Gasteiger partial charge in [-0.2, -0.15) is 0 Å². The topological polar surface area (TPSA) is 69.7 Å². The molecule has 0 radical (unpaired) electrons. The van der Waals surface area contributed by atoms with Gasteiger partial charge in [0.05, 0.1) is 5.92 Å². The average molecular weight is 242 g/mol. The van der Waals surface area contributed by atoms with Gasteiger partial charge in [0.1, 0.15) is 6.26 Å². The molecule has 0 amide bonds. The van der Waals surface area contributed by atoms with Crippen molar-refractivity contribution in [3.63, 3.8) is 0 Å². The number of carbonyl (C=O) groups excluding carboxylic acids is 1. The summed E-state index contributed by atoms with van der Waals surface area (Å²) < 4.78 is 14.1. The molecule has 0 unspecified atom stereocenters. The second-order valence-electron chi connectivity index (χ2n) is 5.33. The third kappa shape index (κ3) is 4.89. The van der Waals surface area contributed by atoms with Crippen molar-refractivity contribution in [1.29, 1.82) is 0 Å². The molecule has 0 aliphatic heterocycles. The van der Waals surface area contributed by atoms with Crippen LogP contribution in [0.3, 0.4) is 0 Å². The van der Waals surface area contributed by atoms with E-state index in [1.54, 1.807) is 0 Å². The van der Waals surface area contributed by atoms with E-state index in [1.807, 2.05) is 6.92 Å². The molecule has 0 aliphatic carbocycles. The first-order valence-electron chi connectivity index (χ1n) is 5.52. The van der Waals surface area contributed by atoms with Gasteiger partial charge in [-0.3, -0.25) is 4.79 Å². The molecule has 1 rings (SSSR count). The van der Waals surface area contributed by atoms with Crippen molar-refractivity contribution in [2.45, 2.75) is 40.7 Å². The molecule has 0 aliphatic rings. The van der Waals surface area contributed by atoms with Crippen molar-refractivity contribution in [3.05, 3.63) is 22.6 Å². The normalized spacial score (nSPS) is 13.4. The molecule has 0 bridgehead atoms. The van der Waals surface area contributed by atoms with E-state index in [2.05, 4.69) is 29.6 Å². The Labute approximate surface area is 99.8 Å². The molecule has 96 valence electrons. The lowest BCUT2D eigenvalue weighted by molar-refractivity contribution is -0.150. The first kappa shape index (κ1) is 13.5. The van der Waals surface area contributed by atoms with Crippen LogP contribution in [-0.4, -0.2) is 5.97 Å². The minimum absolute atomic E-state index is 0.0701. The summed E-state index contributed by atoms with van der Waals surface area (Å²) in [5, 5.41) is 0. The molecule has 17 heavy (non-hydrogen) atoms. The molecule has 1 heterocycles. The lowest BCUT2D eigenvalue weighted by Gasteiger charge is -2.21. The third-order valence-electron chi connectivity index (χ3n) is 2.18. The zero-order valence-corrected chi connectivity index (χ0v) is 10.6. The highest BCUT2D eigenvalue weighted by atomic mass is 16.6. The lowest BCUT2D eigenvalue weighted by Crippen LogP contribution is -2.20. The van der Waals surface area contributed by atoms with Crippen LogP contribution in [0, 0.1) is 11.3 Å². The van der Waals surface area contributed by atoms with Crippen LogP contribution in [0.4, 0.5) is 0 Å². The molecule has 0 N–H and O–H groups in total. The molecule has 5 nitrogen and oxygen atoms in total. The fourth-order valence-corrected chi connectivity index (χ4v) is 1.62. The SMILES string of the molecule is C[C@@H](CC(C)(C)C)C(=O)OCc1coc(=O)o1. The monoisotopic (exact) mass is 242 g/mol. The Morgan fingerprint density at radius 1 is 1.47 bits per heavy atom. The van der Waals surface area contributed by atoms with Gasteiger partial charge in [0.2, 0.25) is 0 Å². The van der Waals surface area contributed by atoms with E-state index in [0.29, 0.717) is 0 Å². The lowest BCUT2D eigenvalue weighted by atomic mass is 9.85. The molecule has 1 atom stereocenters. The van der Waals surface area contributed by atoms with Crippen molar-refractivity contribution in [1.82, 2.24) is 0 Å². The fraction of sp³-hybridized carbons (Fsp3) is 0.667. The summed E-state index contributed by atoms with van der Waals surface area (Å²) in [6.45, 7) is 7.93. The molecule has 0 aromatic carbocycles. The van der Waals surface area contributed by atoms with Crippen LogP contribution >= 0.6 is 0 Å². The predicted octanol–water partition coefficient (Wildman–Crippen LogP) is 2.35. The van der Waals surface area contributed by atoms with Gasteiger partial charge >= 0.3 is 11.8 Å². The van der Waals surface area contributed by atoms with Crippen molar-refractivity contribution in [3.8, 4) is 0 Å². The Kier molecular flexibility index (Phi) is 4.15. The summed E-state index contributed by atoms with van der Waals surface area (Å²) in [4.78, 5) is 22.2. The highest BCUT2D eigenvalue weighted by Crippen LogP contribution is 2.24. The molecule has 0 fully saturated rings. The van der Waals surface area contributed by atoms with Crippen LogP contribution in [0.25, 0.3) is 0 Å². The number of carbonyl (C=O) groups is 1. The van der Waals surface area contributed by atoms with Gasteiger partial charge < -0.3 is 13.6 Å². The molecular formula is C12H18O5. The summed E-state index contributed by atoms with van der Waals surface area (Å²) in [5.74, 6) is -1.07. The maximum atomic E-state index is 11.6. The van der Waals surface area contributed by atoms with Crippen LogP contribution < -0.4 is 5.82 Å². The van der Waals surface area contributed by atoms with Crippen LogP contribution in [-0.2, 0) is 16.1 Å². The predicted molar refractivity (Wildman–Crippen MR) is 60.3 cm³/mol. The third-order valence-corrected chi connectivity index (χ3v) is 2.18. The zero-order chi connectivity index (χ0) is 13.1. The highest BCUT2D eigenvalue weighted by Gasteiger charge is 2.22. The van der Waals surface area contributed by atoms with E-state index in [-0.39, 0.29) is 29.7 Å². The number of rotatable bonds is 4. The molecule has 1 aromatic heterocycles. The van der Waals surface area contributed by atoms with E-state index in [1.165, 1.54) is 0 Å². The van der Waals surface area contributed by atoms with Gasteiger partial charge in [-0.05, 0) is 11.8 Å². The number of hydrogen-bond acceptors (Lipinski definition) is 5. The van der Waals surface area contributed by atoms with Gasteiger partial charge in [-0.1, -0.05) is 27.7 Å².